The lowest BCUT2D eigenvalue weighted by Gasteiger charge is -2.35. The van der Waals surface area contributed by atoms with E-state index in [9.17, 15) is 4.79 Å². The molecule has 0 amide bonds. The van der Waals surface area contributed by atoms with E-state index in [1.54, 1.807) is 0 Å². The Morgan fingerprint density at radius 2 is 1.55 bits per heavy atom. The summed E-state index contributed by atoms with van der Waals surface area (Å²) in [6.45, 7) is 16.1. The molecule has 0 aromatic carbocycles. The van der Waals surface area contributed by atoms with Gasteiger partial charge < -0.3 is 13.6 Å². The molecule has 0 aromatic rings. The van der Waals surface area contributed by atoms with Gasteiger partial charge in [-0.05, 0) is 42.7 Å². The Morgan fingerprint density at radius 3 is 2.09 bits per heavy atom. The zero-order chi connectivity index (χ0) is 24.5. The van der Waals surface area contributed by atoms with Crippen molar-refractivity contribution >= 4 is 22.6 Å². The van der Waals surface area contributed by atoms with E-state index in [1.807, 2.05) is 0 Å². The summed E-state index contributed by atoms with van der Waals surface area (Å²) < 4.78 is 19.7. The highest BCUT2D eigenvalue weighted by Gasteiger charge is 2.51. The number of fused-ring (bicyclic) bond motifs is 1. The Bertz CT molecular complexity index is 599. The topological polar surface area (TPSA) is 44.8 Å². The van der Waals surface area contributed by atoms with Crippen molar-refractivity contribution in [2.75, 3.05) is 0 Å². The number of unbranched alkanes of at least 4 members (excludes halogenated alkanes) is 2. The minimum atomic E-state index is -1.73. The molecular formula is C27H52O4Si2. The van der Waals surface area contributed by atoms with Crippen LogP contribution in [-0.4, -0.2) is 40.9 Å². The first kappa shape index (κ1) is 28.8. The lowest BCUT2D eigenvalue weighted by atomic mass is 9.91. The molecule has 0 bridgehead atoms. The molecule has 0 N–H and O–H groups in total. The molecular weight excluding hydrogens is 444 g/mol. The van der Waals surface area contributed by atoms with Crippen molar-refractivity contribution in [2.24, 2.45) is 11.8 Å². The third kappa shape index (κ3) is 7.28. The van der Waals surface area contributed by atoms with Crippen molar-refractivity contribution in [1.29, 1.82) is 0 Å². The van der Waals surface area contributed by atoms with Gasteiger partial charge in [-0.1, -0.05) is 79.9 Å². The van der Waals surface area contributed by atoms with Crippen molar-refractivity contribution in [2.45, 2.75) is 142 Å². The van der Waals surface area contributed by atoms with Crippen LogP contribution in [0.2, 0.25) is 36.3 Å². The second kappa shape index (κ2) is 13.6. The average Bonchev–Trinajstić information content (AvgIpc) is 3.34. The van der Waals surface area contributed by atoms with Crippen LogP contribution >= 0.6 is 0 Å². The third-order valence-corrected chi connectivity index (χ3v) is 18.2. The van der Waals surface area contributed by atoms with Gasteiger partial charge in [0.25, 0.3) is 0 Å². The van der Waals surface area contributed by atoms with Crippen LogP contribution in [0.15, 0.2) is 12.2 Å². The SMILES string of the molecule is CCCCC[C@@H](/C=C/[C@@H]1[C@H]2CC(=O)O[C@H]2C[C@H]1O[Si](CC)(CC)CC)O[Si](CC)(CC)CC. The smallest absolute Gasteiger partial charge is 0.306 e. The Labute approximate surface area is 206 Å². The second-order valence-corrected chi connectivity index (χ2v) is 19.8. The van der Waals surface area contributed by atoms with E-state index in [-0.39, 0.29) is 36.1 Å². The number of carbonyl (C=O) groups excluding carboxylic acids is 1. The van der Waals surface area contributed by atoms with Gasteiger partial charge in [0, 0.05) is 18.3 Å². The van der Waals surface area contributed by atoms with Crippen molar-refractivity contribution < 1.29 is 18.4 Å². The maximum Gasteiger partial charge on any atom is 0.306 e. The molecule has 0 radical (unpaired) electrons. The molecule has 0 spiro atoms. The van der Waals surface area contributed by atoms with Crippen LogP contribution in [0.1, 0.15) is 87.0 Å². The average molecular weight is 497 g/mol. The lowest BCUT2D eigenvalue weighted by molar-refractivity contribution is -0.141. The fourth-order valence-corrected chi connectivity index (χ4v) is 11.7. The van der Waals surface area contributed by atoms with Crippen LogP contribution in [0.4, 0.5) is 0 Å². The Hall–Kier alpha value is -0.436. The monoisotopic (exact) mass is 496 g/mol. The molecule has 1 aliphatic heterocycles. The number of ether oxygens (including phenoxy) is 1. The molecule has 5 atom stereocenters. The van der Waals surface area contributed by atoms with Crippen molar-refractivity contribution in [1.82, 2.24) is 0 Å². The third-order valence-electron chi connectivity index (χ3n) is 8.86. The summed E-state index contributed by atoms with van der Waals surface area (Å²) in [5.41, 5.74) is 0. The van der Waals surface area contributed by atoms with E-state index >= 15 is 0 Å². The second-order valence-electron chi connectivity index (χ2n) is 10.4. The molecule has 2 fully saturated rings. The van der Waals surface area contributed by atoms with Gasteiger partial charge in [0.1, 0.15) is 6.10 Å². The maximum absolute atomic E-state index is 12.1. The highest BCUT2D eigenvalue weighted by molar-refractivity contribution is 6.74. The number of hydrogen-bond donors (Lipinski definition) is 0. The zero-order valence-corrected chi connectivity index (χ0v) is 24.7. The first-order valence-corrected chi connectivity index (χ1v) is 19.1. The van der Waals surface area contributed by atoms with E-state index in [2.05, 4.69) is 60.6 Å². The number of esters is 1. The van der Waals surface area contributed by atoms with Gasteiger partial charge in [0.05, 0.1) is 18.6 Å². The molecule has 1 saturated carbocycles. The van der Waals surface area contributed by atoms with Crippen LogP contribution < -0.4 is 0 Å². The van der Waals surface area contributed by atoms with Crippen molar-refractivity contribution in [3.05, 3.63) is 12.2 Å². The van der Waals surface area contributed by atoms with E-state index in [0.29, 0.717) is 6.42 Å². The summed E-state index contributed by atoms with van der Waals surface area (Å²) >= 11 is 0. The van der Waals surface area contributed by atoms with Crippen LogP contribution in [-0.2, 0) is 18.4 Å². The Morgan fingerprint density at radius 1 is 0.939 bits per heavy atom. The highest BCUT2D eigenvalue weighted by Crippen LogP contribution is 2.45. The number of carbonyl (C=O) groups is 1. The van der Waals surface area contributed by atoms with Gasteiger partial charge in [0.15, 0.2) is 16.6 Å². The van der Waals surface area contributed by atoms with Gasteiger partial charge >= 0.3 is 5.97 Å². The molecule has 2 rings (SSSR count). The molecule has 192 valence electrons. The van der Waals surface area contributed by atoms with Gasteiger partial charge in [-0.25, -0.2) is 0 Å². The standard InChI is InChI=1S/C27H52O4Si2/c1-8-15-16-17-22(30-32(9-2,10-3)11-4)18-19-23-24-20-27(28)29-25(24)21-26(23)31-33(12-5,13-6)14-7/h18-19,22-26H,8-17,20-21H2,1-7H3/b19-18+/t22-,23+,24+,25-,26+/m0/s1. The first-order valence-electron chi connectivity index (χ1n) is 14.1. The Kier molecular flexibility index (Phi) is 11.9. The summed E-state index contributed by atoms with van der Waals surface area (Å²) in [7, 11) is -3.41. The van der Waals surface area contributed by atoms with Crippen LogP contribution in [0.5, 0.6) is 0 Å². The van der Waals surface area contributed by atoms with E-state index in [0.717, 1.165) is 31.0 Å². The maximum atomic E-state index is 12.1. The summed E-state index contributed by atoms with van der Waals surface area (Å²) in [5, 5.41) is 0. The molecule has 0 unspecified atom stereocenters. The largest absolute Gasteiger partial charge is 0.462 e. The number of hydrogen-bond acceptors (Lipinski definition) is 4. The summed E-state index contributed by atoms with van der Waals surface area (Å²) in [4.78, 5) is 12.1. The fourth-order valence-electron chi connectivity index (χ4n) is 5.97. The predicted molar refractivity (Wildman–Crippen MR) is 144 cm³/mol. The summed E-state index contributed by atoms with van der Waals surface area (Å²) in [6, 6.07) is 7.00. The summed E-state index contributed by atoms with van der Waals surface area (Å²) in [5.74, 6) is 0.492. The quantitative estimate of drug-likeness (QED) is 0.0944. The minimum absolute atomic E-state index is 0.0306. The molecule has 1 saturated heterocycles. The lowest BCUT2D eigenvalue weighted by Crippen LogP contribution is -2.41. The first-order chi connectivity index (χ1) is 15.8. The molecule has 1 aliphatic carbocycles. The van der Waals surface area contributed by atoms with Gasteiger partial charge in [-0.3, -0.25) is 4.79 Å². The van der Waals surface area contributed by atoms with Crippen LogP contribution in [0.25, 0.3) is 0 Å². The van der Waals surface area contributed by atoms with E-state index in [4.69, 9.17) is 13.6 Å². The van der Waals surface area contributed by atoms with Gasteiger partial charge in [0.2, 0.25) is 0 Å². The fraction of sp³-hybridized carbons (Fsp3) is 0.889. The molecule has 1 heterocycles. The van der Waals surface area contributed by atoms with Crippen LogP contribution in [0.3, 0.4) is 0 Å². The molecule has 6 heteroatoms. The van der Waals surface area contributed by atoms with E-state index < -0.39 is 16.6 Å². The van der Waals surface area contributed by atoms with E-state index in [1.165, 1.54) is 37.4 Å². The van der Waals surface area contributed by atoms with Gasteiger partial charge in [-0.15, -0.1) is 0 Å². The van der Waals surface area contributed by atoms with Gasteiger partial charge in [-0.2, -0.15) is 0 Å². The number of rotatable bonds is 16. The summed E-state index contributed by atoms with van der Waals surface area (Å²) in [6.07, 6.45) is 11.3. The zero-order valence-electron chi connectivity index (χ0n) is 22.7. The Balaban J connectivity index is 2.25. The normalized spacial score (nSPS) is 26.7. The minimum Gasteiger partial charge on any atom is -0.462 e. The molecule has 33 heavy (non-hydrogen) atoms. The molecule has 0 aromatic heterocycles. The predicted octanol–water partition coefficient (Wildman–Crippen LogP) is 7.86. The highest BCUT2D eigenvalue weighted by atomic mass is 28.4. The van der Waals surface area contributed by atoms with Crippen molar-refractivity contribution in [3.8, 4) is 0 Å². The molecule has 4 nitrogen and oxygen atoms in total. The van der Waals surface area contributed by atoms with Crippen molar-refractivity contribution in [3.63, 3.8) is 0 Å². The van der Waals surface area contributed by atoms with Crippen LogP contribution in [0, 0.1) is 11.8 Å². The molecule has 2 aliphatic rings.